The van der Waals surface area contributed by atoms with Gasteiger partial charge in [-0.2, -0.15) is 0 Å². The molecule has 3 heteroatoms. The number of H-pyrrole nitrogens is 1. The van der Waals surface area contributed by atoms with Gasteiger partial charge in [0.05, 0.1) is 6.04 Å². The van der Waals surface area contributed by atoms with Crippen LogP contribution in [-0.4, -0.2) is 9.97 Å². The summed E-state index contributed by atoms with van der Waals surface area (Å²) in [5, 5.41) is 0. The maximum absolute atomic E-state index is 6.71. The molecule has 1 unspecified atom stereocenters. The van der Waals surface area contributed by atoms with E-state index in [2.05, 4.69) is 23.8 Å². The second kappa shape index (κ2) is 4.33. The molecule has 0 amide bonds. The second-order valence-electron chi connectivity index (χ2n) is 8.14. The van der Waals surface area contributed by atoms with Gasteiger partial charge >= 0.3 is 0 Å². The van der Waals surface area contributed by atoms with E-state index in [4.69, 9.17) is 5.73 Å². The van der Waals surface area contributed by atoms with Crippen molar-refractivity contribution in [3.63, 3.8) is 0 Å². The van der Waals surface area contributed by atoms with Gasteiger partial charge in [-0.1, -0.05) is 13.8 Å². The SMILES string of the molecule is CC(C)c1cnc(C(N)C23CC4CC(CC(C4)C2)C3)[nH]1. The minimum atomic E-state index is 0.114. The predicted octanol–water partition coefficient (Wildman–Crippen LogP) is 3.75. The molecule has 4 aliphatic rings. The Morgan fingerprint density at radius 3 is 2.15 bits per heavy atom. The van der Waals surface area contributed by atoms with Crippen molar-refractivity contribution >= 4 is 0 Å². The fourth-order valence-corrected chi connectivity index (χ4v) is 5.65. The van der Waals surface area contributed by atoms with Crippen molar-refractivity contribution < 1.29 is 0 Å². The van der Waals surface area contributed by atoms with Gasteiger partial charge in [0.2, 0.25) is 0 Å². The summed E-state index contributed by atoms with van der Waals surface area (Å²) in [6.45, 7) is 4.40. The molecular formula is C17H27N3. The first-order valence-electron chi connectivity index (χ1n) is 8.36. The molecule has 0 saturated heterocycles. The lowest BCUT2D eigenvalue weighted by Crippen LogP contribution is -2.51. The van der Waals surface area contributed by atoms with Gasteiger partial charge in [0.15, 0.2) is 0 Å². The molecule has 0 aromatic carbocycles. The average molecular weight is 273 g/mol. The molecule has 0 radical (unpaired) electrons. The van der Waals surface area contributed by atoms with Crippen LogP contribution in [0.15, 0.2) is 6.20 Å². The van der Waals surface area contributed by atoms with Crippen molar-refractivity contribution in [2.45, 2.75) is 64.3 Å². The molecule has 5 rings (SSSR count). The molecule has 1 aromatic rings. The number of hydrogen-bond donors (Lipinski definition) is 2. The smallest absolute Gasteiger partial charge is 0.123 e. The maximum atomic E-state index is 6.71. The zero-order valence-electron chi connectivity index (χ0n) is 12.7. The van der Waals surface area contributed by atoms with Crippen LogP contribution in [0.3, 0.4) is 0 Å². The lowest BCUT2D eigenvalue weighted by molar-refractivity contribution is -0.0690. The van der Waals surface area contributed by atoms with Crippen molar-refractivity contribution in [3.05, 3.63) is 17.7 Å². The molecule has 1 heterocycles. The molecule has 0 aliphatic heterocycles. The quantitative estimate of drug-likeness (QED) is 0.881. The van der Waals surface area contributed by atoms with E-state index in [9.17, 15) is 0 Å². The van der Waals surface area contributed by atoms with Crippen LogP contribution >= 0.6 is 0 Å². The zero-order valence-corrected chi connectivity index (χ0v) is 12.7. The zero-order chi connectivity index (χ0) is 13.9. The van der Waals surface area contributed by atoms with E-state index in [1.165, 1.54) is 44.2 Å². The molecule has 3 nitrogen and oxygen atoms in total. The third-order valence-corrected chi connectivity index (χ3v) is 6.28. The van der Waals surface area contributed by atoms with E-state index in [1.54, 1.807) is 0 Å². The lowest BCUT2D eigenvalue weighted by atomic mass is 9.47. The first-order valence-corrected chi connectivity index (χ1v) is 8.36. The number of nitrogens with one attached hydrogen (secondary N) is 1. The van der Waals surface area contributed by atoms with Crippen molar-refractivity contribution in [2.75, 3.05) is 0 Å². The Bertz CT molecular complexity index is 467. The van der Waals surface area contributed by atoms with Crippen molar-refractivity contribution in [2.24, 2.45) is 28.9 Å². The Kier molecular flexibility index (Phi) is 2.79. The fraction of sp³-hybridized carbons (Fsp3) is 0.824. The highest BCUT2D eigenvalue weighted by Crippen LogP contribution is 2.63. The fourth-order valence-electron chi connectivity index (χ4n) is 5.65. The van der Waals surface area contributed by atoms with Gasteiger partial charge in [-0.05, 0) is 67.6 Å². The van der Waals surface area contributed by atoms with Gasteiger partial charge in [-0.3, -0.25) is 0 Å². The van der Waals surface area contributed by atoms with E-state index < -0.39 is 0 Å². The van der Waals surface area contributed by atoms with Crippen LogP contribution in [0.5, 0.6) is 0 Å². The summed E-state index contributed by atoms with van der Waals surface area (Å²) in [6, 6.07) is 0.114. The van der Waals surface area contributed by atoms with Gasteiger partial charge in [0, 0.05) is 11.9 Å². The summed E-state index contributed by atoms with van der Waals surface area (Å²) in [4.78, 5) is 8.12. The number of hydrogen-bond acceptors (Lipinski definition) is 2. The first kappa shape index (κ1) is 12.9. The number of aromatic nitrogens is 2. The van der Waals surface area contributed by atoms with Crippen LogP contribution in [-0.2, 0) is 0 Å². The molecule has 1 aromatic heterocycles. The van der Waals surface area contributed by atoms with E-state index in [0.29, 0.717) is 11.3 Å². The maximum Gasteiger partial charge on any atom is 0.123 e. The van der Waals surface area contributed by atoms with E-state index in [-0.39, 0.29) is 6.04 Å². The molecule has 4 saturated carbocycles. The number of rotatable bonds is 3. The van der Waals surface area contributed by atoms with Gasteiger partial charge in [-0.25, -0.2) is 4.98 Å². The minimum absolute atomic E-state index is 0.114. The Labute approximate surface area is 121 Å². The number of nitrogens with zero attached hydrogens (tertiary/aromatic N) is 1. The molecule has 4 bridgehead atoms. The third kappa shape index (κ3) is 1.86. The van der Waals surface area contributed by atoms with Crippen LogP contribution in [0.1, 0.15) is 75.9 Å². The number of nitrogens with two attached hydrogens (primary N) is 1. The summed E-state index contributed by atoms with van der Waals surface area (Å²) in [6.07, 6.45) is 10.4. The summed E-state index contributed by atoms with van der Waals surface area (Å²) < 4.78 is 0. The van der Waals surface area contributed by atoms with Gasteiger partial charge in [-0.15, -0.1) is 0 Å². The Morgan fingerprint density at radius 2 is 1.70 bits per heavy atom. The van der Waals surface area contributed by atoms with Gasteiger partial charge in [0.1, 0.15) is 5.82 Å². The van der Waals surface area contributed by atoms with Gasteiger partial charge < -0.3 is 10.7 Å². The molecule has 110 valence electrons. The summed E-state index contributed by atoms with van der Waals surface area (Å²) >= 11 is 0. The number of imidazole rings is 1. The van der Waals surface area contributed by atoms with Crippen molar-refractivity contribution in [1.82, 2.24) is 9.97 Å². The molecule has 3 N–H and O–H groups in total. The average Bonchev–Trinajstić information content (AvgIpc) is 2.85. The topological polar surface area (TPSA) is 54.7 Å². The highest BCUT2D eigenvalue weighted by atomic mass is 15.0. The molecular weight excluding hydrogens is 246 g/mol. The highest BCUT2D eigenvalue weighted by molar-refractivity contribution is 5.14. The summed E-state index contributed by atoms with van der Waals surface area (Å²) in [5.74, 6) is 4.39. The first-order chi connectivity index (χ1) is 9.56. The second-order valence-corrected chi connectivity index (χ2v) is 8.14. The van der Waals surface area contributed by atoms with Crippen molar-refractivity contribution in [1.29, 1.82) is 0 Å². The Hall–Kier alpha value is -0.830. The van der Waals surface area contributed by atoms with E-state index >= 15 is 0 Å². The molecule has 0 spiro atoms. The van der Waals surface area contributed by atoms with Crippen LogP contribution in [0.25, 0.3) is 0 Å². The number of aromatic amines is 1. The summed E-state index contributed by atoms with van der Waals surface area (Å²) in [7, 11) is 0. The Morgan fingerprint density at radius 1 is 1.15 bits per heavy atom. The van der Waals surface area contributed by atoms with E-state index in [1.807, 2.05) is 6.20 Å². The van der Waals surface area contributed by atoms with Crippen LogP contribution < -0.4 is 5.73 Å². The lowest BCUT2D eigenvalue weighted by Gasteiger charge is -2.58. The molecule has 4 aliphatic carbocycles. The van der Waals surface area contributed by atoms with Crippen LogP contribution in [0, 0.1) is 23.2 Å². The van der Waals surface area contributed by atoms with Crippen LogP contribution in [0.2, 0.25) is 0 Å². The monoisotopic (exact) mass is 273 g/mol. The molecule has 1 atom stereocenters. The normalized spacial score (nSPS) is 40.5. The third-order valence-electron chi connectivity index (χ3n) is 6.28. The van der Waals surface area contributed by atoms with Gasteiger partial charge in [0.25, 0.3) is 0 Å². The predicted molar refractivity (Wildman–Crippen MR) is 80.2 cm³/mol. The van der Waals surface area contributed by atoms with Crippen LogP contribution in [0.4, 0.5) is 0 Å². The Balaban J connectivity index is 1.62. The van der Waals surface area contributed by atoms with E-state index in [0.717, 1.165) is 23.6 Å². The largest absolute Gasteiger partial charge is 0.344 e. The molecule has 4 fully saturated rings. The summed E-state index contributed by atoms with van der Waals surface area (Å²) in [5.41, 5.74) is 8.28. The van der Waals surface area contributed by atoms with Crippen molar-refractivity contribution in [3.8, 4) is 0 Å². The highest BCUT2D eigenvalue weighted by Gasteiger charge is 2.54. The molecule has 20 heavy (non-hydrogen) atoms. The minimum Gasteiger partial charge on any atom is -0.344 e. The standard InChI is InChI=1S/C17H27N3/c1-10(2)14-9-19-16(20-14)15(18)17-6-11-3-12(7-17)5-13(4-11)8-17/h9-13,15H,3-8,18H2,1-2H3,(H,19,20).